The van der Waals surface area contributed by atoms with Gasteiger partial charge < -0.3 is 9.53 Å². The molecule has 0 saturated carbocycles. The van der Waals surface area contributed by atoms with E-state index in [2.05, 4.69) is 0 Å². The highest BCUT2D eigenvalue weighted by Gasteiger charge is 2.29. The SMILES string of the molecule is CC(=O)CCc1ccc(Oc2ccc(S(=O)(=O)CC3CS3)cc2)cc1. The van der Waals surface area contributed by atoms with Gasteiger partial charge in [-0.25, -0.2) is 8.42 Å². The molecule has 2 aromatic rings. The van der Waals surface area contributed by atoms with Gasteiger partial charge in [-0.05, 0) is 55.3 Å². The van der Waals surface area contributed by atoms with Gasteiger partial charge in [0.25, 0.3) is 0 Å². The van der Waals surface area contributed by atoms with Crippen LogP contribution in [-0.4, -0.2) is 31.0 Å². The molecule has 2 aromatic carbocycles. The van der Waals surface area contributed by atoms with Crippen molar-refractivity contribution in [1.29, 1.82) is 0 Å². The molecule has 25 heavy (non-hydrogen) atoms. The van der Waals surface area contributed by atoms with Crippen molar-refractivity contribution in [2.24, 2.45) is 0 Å². The Kier molecular flexibility index (Phi) is 5.49. The van der Waals surface area contributed by atoms with Crippen LogP contribution in [0.3, 0.4) is 0 Å². The van der Waals surface area contributed by atoms with Crippen molar-refractivity contribution in [2.75, 3.05) is 11.5 Å². The number of Topliss-reactive ketones (excluding diaryl/α,β-unsaturated/α-hetero) is 1. The Labute approximate surface area is 152 Å². The maximum atomic E-state index is 12.2. The van der Waals surface area contributed by atoms with Crippen molar-refractivity contribution in [3.05, 3.63) is 54.1 Å². The molecule has 1 heterocycles. The summed E-state index contributed by atoms with van der Waals surface area (Å²) in [6, 6.07) is 14.1. The van der Waals surface area contributed by atoms with E-state index in [1.807, 2.05) is 24.3 Å². The van der Waals surface area contributed by atoms with Crippen LogP contribution >= 0.6 is 11.8 Å². The molecule has 1 fully saturated rings. The van der Waals surface area contributed by atoms with Crippen molar-refractivity contribution < 1.29 is 17.9 Å². The fourth-order valence-electron chi connectivity index (χ4n) is 2.40. The van der Waals surface area contributed by atoms with Gasteiger partial charge >= 0.3 is 0 Å². The summed E-state index contributed by atoms with van der Waals surface area (Å²) < 4.78 is 30.2. The molecule has 0 aliphatic carbocycles. The largest absolute Gasteiger partial charge is 0.457 e. The highest BCUT2D eigenvalue weighted by molar-refractivity contribution is 8.08. The Bertz CT molecular complexity index is 836. The number of aryl methyl sites for hydroxylation is 1. The zero-order chi connectivity index (χ0) is 17.9. The lowest BCUT2D eigenvalue weighted by Gasteiger charge is -2.08. The molecule has 1 saturated heterocycles. The third-order valence-electron chi connectivity index (χ3n) is 3.92. The van der Waals surface area contributed by atoms with Gasteiger partial charge in [0.15, 0.2) is 9.84 Å². The average molecular weight is 376 g/mol. The Morgan fingerprint density at radius 2 is 1.64 bits per heavy atom. The van der Waals surface area contributed by atoms with Gasteiger partial charge in [-0.2, -0.15) is 11.8 Å². The van der Waals surface area contributed by atoms with Gasteiger partial charge in [0.1, 0.15) is 17.3 Å². The third kappa shape index (κ3) is 5.34. The number of hydrogen-bond donors (Lipinski definition) is 0. The van der Waals surface area contributed by atoms with Crippen LogP contribution in [0.1, 0.15) is 18.9 Å². The van der Waals surface area contributed by atoms with Crippen LogP contribution in [0, 0.1) is 0 Å². The lowest BCUT2D eigenvalue weighted by Crippen LogP contribution is -2.10. The number of thioether (sulfide) groups is 1. The van der Waals surface area contributed by atoms with Gasteiger partial charge in [-0.3, -0.25) is 0 Å². The van der Waals surface area contributed by atoms with E-state index in [1.165, 1.54) is 0 Å². The average Bonchev–Trinajstić information content (AvgIpc) is 3.38. The summed E-state index contributed by atoms with van der Waals surface area (Å²) in [7, 11) is -3.21. The summed E-state index contributed by atoms with van der Waals surface area (Å²) in [5.74, 6) is 2.59. The van der Waals surface area contributed by atoms with Crippen molar-refractivity contribution in [3.8, 4) is 11.5 Å². The molecule has 0 bridgehead atoms. The molecule has 6 heteroatoms. The summed E-state index contributed by atoms with van der Waals surface area (Å²) in [6.07, 6.45) is 1.26. The van der Waals surface area contributed by atoms with Crippen LogP contribution in [0.5, 0.6) is 11.5 Å². The second kappa shape index (κ2) is 7.62. The van der Waals surface area contributed by atoms with Crippen LogP contribution in [-0.2, 0) is 21.1 Å². The normalized spacial score (nSPS) is 16.4. The second-order valence-electron chi connectivity index (χ2n) is 6.16. The molecular formula is C19H20O4S2. The van der Waals surface area contributed by atoms with Crippen LogP contribution in [0.2, 0.25) is 0 Å². The fraction of sp³-hybridized carbons (Fsp3) is 0.316. The number of carbonyl (C=O) groups is 1. The maximum absolute atomic E-state index is 12.2. The zero-order valence-corrected chi connectivity index (χ0v) is 15.6. The molecule has 0 N–H and O–H groups in total. The number of ketones is 1. The Hall–Kier alpha value is -1.79. The molecule has 132 valence electrons. The summed E-state index contributed by atoms with van der Waals surface area (Å²) in [5.41, 5.74) is 1.09. The summed E-state index contributed by atoms with van der Waals surface area (Å²) >= 11 is 1.68. The van der Waals surface area contributed by atoms with E-state index in [4.69, 9.17) is 4.74 Å². The molecular weight excluding hydrogens is 356 g/mol. The standard InChI is InChI=1S/C19H20O4S2/c1-14(20)2-3-15-4-6-16(7-5-15)23-17-8-10-19(11-9-17)25(21,22)13-18-12-24-18/h4-11,18H,2-3,12-13H2,1H3. The predicted molar refractivity (Wildman–Crippen MR) is 100 cm³/mol. The molecule has 0 amide bonds. The summed E-state index contributed by atoms with van der Waals surface area (Å²) in [4.78, 5) is 11.4. The van der Waals surface area contributed by atoms with Crippen LogP contribution in [0.15, 0.2) is 53.4 Å². The zero-order valence-electron chi connectivity index (χ0n) is 14.0. The molecule has 1 aliphatic rings. The van der Waals surface area contributed by atoms with Gasteiger partial charge in [0, 0.05) is 17.4 Å². The van der Waals surface area contributed by atoms with E-state index in [0.717, 1.165) is 17.7 Å². The fourth-order valence-corrected chi connectivity index (χ4v) is 5.08. The Morgan fingerprint density at radius 1 is 1.08 bits per heavy atom. The van der Waals surface area contributed by atoms with Crippen molar-refractivity contribution in [2.45, 2.75) is 29.9 Å². The van der Waals surface area contributed by atoms with E-state index >= 15 is 0 Å². The number of benzene rings is 2. The molecule has 0 radical (unpaired) electrons. The van der Waals surface area contributed by atoms with Gasteiger partial charge in [-0.15, -0.1) is 0 Å². The quantitative estimate of drug-likeness (QED) is 0.654. The van der Waals surface area contributed by atoms with Crippen molar-refractivity contribution in [3.63, 3.8) is 0 Å². The first-order valence-corrected chi connectivity index (χ1v) is 10.8. The monoisotopic (exact) mass is 376 g/mol. The molecule has 0 spiro atoms. The molecule has 0 aromatic heterocycles. The van der Waals surface area contributed by atoms with E-state index < -0.39 is 9.84 Å². The lowest BCUT2D eigenvalue weighted by atomic mass is 10.1. The van der Waals surface area contributed by atoms with Crippen LogP contribution in [0.4, 0.5) is 0 Å². The molecule has 1 aliphatic heterocycles. The Balaban J connectivity index is 1.62. The maximum Gasteiger partial charge on any atom is 0.179 e. The van der Waals surface area contributed by atoms with E-state index in [0.29, 0.717) is 22.8 Å². The number of carbonyl (C=O) groups excluding carboxylic acids is 1. The minimum Gasteiger partial charge on any atom is -0.457 e. The Morgan fingerprint density at radius 3 is 2.16 bits per heavy atom. The highest BCUT2D eigenvalue weighted by atomic mass is 32.2. The van der Waals surface area contributed by atoms with E-state index in [-0.39, 0.29) is 16.8 Å². The predicted octanol–water partition coefficient (Wildman–Crippen LogP) is 3.89. The van der Waals surface area contributed by atoms with E-state index in [1.54, 1.807) is 43.0 Å². The molecule has 4 nitrogen and oxygen atoms in total. The third-order valence-corrected chi connectivity index (χ3v) is 6.93. The summed E-state index contributed by atoms with van der Waals surface area (Å²) in [5, 5.41) is 0.252. The first kappa shape index (κ1) is 18.0. The second-order valence-corrected chi connectivity index (χ2v) is 9.52. The first-order chi connectivity index (χ1) is 11.9. The van der Waals surface area contributed by atoms with E-state index in [9.17, 15) is 13.2 Å². The number of sulfone groups is 1. The first-order valence-electron chi connectivity index (χ1n) is 8.13. The smallest absolute Gasteiger partial charge is 0.179 e. The minimum absolute atomic E-state index is 0.177. The number of rotatable bonds is 8. The highest BCUT2D eigenvalue weighted by Crippen LogP contribution is 2.33. The lowest BCUT2D eigenvalue weighted by molar-refractivity contribution is -0.116. The van der Waals surface area contributed by atoms with Gasteiger partial charge in [-0.1, -0.05) is 12.1 Å². The number of ether oxygens (including phenoxy) is 1. The molecule has 1 atom stereocenters. The van der Waals surface area contributed by atoms with Crippen LogP contribution < -0.4 is 4.74 Å². The van der Waals surface area contributed by atoms with Crippen LogP contribution in [0.25, 0.3) is 0 Å². The molecule has 3 rings (SSSR count). The number of hydrogen-bond acceptors (Lipinski definition) is 5. The topological polar surface area (TPSA) is 60.4 Å². The minimum atomic E-state index is -3.21. The van der Waals surface area contributed by atoms with Crippen molar-refractivity contribution >= 4 is 27.4 Å². The molecule has 1 unspecified atom stereocenters. The summed E-state index contributed by atoms with van der Waals surface area (Å²) in [6.45, 7) is 1.59. The van der Waals surface area contributed by atoms with Gasteiger partial charge in [0.05, 0.1) is 10.6 Å². The van der Waals surface area contributed by atoms with Gasteiger partial charge in [0.2, 0.25) is 0 Å². The van der Waals surface area contributed by atoms with Crippen molar-refractivity contribution in [1.82, 2.24) is 0 Å².